The summed E-state index contributed by atoms with van der Waals surface area (Å²) in [4.78, 5) is 19.5. The Morgan fingerprint density at radius 1 is 1.19 bits per heavy atom. The Hall–Kier alpha value is -2.66. The number of aromatic nitrogens is 1. The minimum absolute atomic E-state index is 0.0663. The smallest absolute Gasteiger partial charge is 0.254 e. The molecule has 0 bridgehead atoms. The zero-order valence-electron chi connectivity index (χ0n) is 16.0. The van der Waals surface area contributed by atoms with Crippen LogP contribution < -0.4 is 5.32 Å². The zero-order chi connectivity index (χ0) is 19.2. The molecule has 0 radical (unpaired) electrons. The molecule has 3 rings (SSSR count). The van der Waals surface area contributed by atoms with Gasteiger partial charge in [0.25, 0.3) is 5.91 Å². The van der Waals surface area contributed by atoms with Crippen LogP contribution in [0.5, 0.6) is 0 Å². The number of hydrogen-bond donors (Lipinski definition) is 1. The molecular weight excluding hydrogens is 354 g/mol. The van der Waals surface area contributed by atoms with E-state index >= 15 is 0 Å². The number of amides is 1. The van der Waals surface area contributed by atoms with Crippen LogP contribution in [0.1, 0.15) is 29.8 Å². The van der Waals surface area contributed by atoms with Crippen molar-refractivity contribution >= 4 is 23.1 Å². The highest BCUT2D eigenvalue weighted by molar-refractivity contribution is 7.07. The maximum atomic E-state index is 13.2. The van der Waals surface area contributed by atoms with Crippen LogP contribution >= 0.6 is 11.3 Å². The van der Waals surface area contributed by atoms with Crippen molar-refractivity contribution in [2.45, 2.75) is 20.4 Å². The van der Waals surface area contributed by atoms with Crippen molar-refractivity contribution in [2.75, 3.05) is 18.9 Å². The first-order valence-corrected chi connectivity index (χ1v) is 10.1. The third-order valence-corrected chi connectivity index (χ3v) is 5.02. The number of thiophene rings is 1. The third-order valence-electron chi connectivity index (χ3n) is 4.29. The van der Waals surface area contributed by atoms with E-state index < -0.39 is 0 Å². The first-order valence-electron chi connectivity index (χ1n) is 9.11. The van der Waals surface area contributed by atoms with Crippen LogP contribution in [0.15, 0.2) is 59.4 Å². The molecule has 1 aromatic carbocycles. The van der Waals surface area contributed by atoms with Gasteiger partial charge in [0.05, 0.1) is 0 Å². The highest BCUT2D eigenvalue weighted by Gasteiger charge is 2.18. The van der Waals surface area contributed by atoms with E-state index in [-0.39, 0.29) is 5.91 Å². The van der Waals surface area contributed by atoms with Gasteiger partial charge in [0.1, 0.15) is 5.82 Å². The second-order valence-electron chi connectivity index (χ2n) is 6.97. The van der Waals surface area contributed by atoms with Crippen molar-refractivity contribution < 1.29 is 4.79 Å². The maximum absolute atomic E-state index is 13.2. The molecule has 0 saturated heterocycles. The fourth-order valence-corrected chi connectivity index (χ4v) is 3.65. The fourth-order valence-electron chi connectivity index (χ4n) is 2.99. The quantitative estimate of drug-likeness (QED) is 0.617. The lowest BCUT2D eigenvalue weighted by molar-refractivity contribution is 0.0723. The summed E-state index contributed by atoms with van der Waals surface area (Å²) in [6, 6.07) is 13.8. The Balaban J connectivity index is 1.85. The Morgan fingerprint density at radius 2 is 2.04 bits per heavy atom. The van der Waals surface area contributed by atoms with E-state index in [1.807, 2.05) is 54.5 Å². The minimum atomic E-state index is 0.0663. The van der Waals surface area contributed by atoms with E-state index in [0.717, 1.165) is 23.5 Å². The maximum Gasteiger partial charge on any atom is 0.254 e. The van der Waals surface area contributed by atoms with Gasteiger partial charge in [-0.05, 0) is 58.1 Å². The number of carbonyl (C=O) groups excluding carboxylic acids is 1. The predicted octanol–water partition coefficient (Wildman–Crippen LogP) is 5.15. The van der Waals surface area contributed by atoms with Crippen LogP contribution in [0.3, 0.4) is 0 Å². The number of anilines is 1. The van der Waals surface area contributed by atoms with Crippen LogP contribution in [-0.2, 0) is 6.54 Å². The molecule has 140 valence electrons. The standard InChI is InChI=1S/C22H25N3OS/c1-16(2)13-25(14-17-9-10-27-15-17)22(26)19-6-4-5-18(11-19)20-7-8-21(23-3)24-12-20/h4-12,15-16H,13-14H2,1-3H3,(H,23,24). The van der Waals surface area contributed by atoms with Crippen molar-refractivity contribution in [3.63, 3.8) is 0 Å². The van der Waals surface area contributed by atoms with Crippen LogP contribution in [-0.4, -0.2) is 29.4 Å². The number of nitrogens with zero attached hydrogens (tertiary/aromatic N) is 2. The fraction of sp³-hybridized carbons (Fsp3) is 0.273. The Bertz CT molecular complexity index is 873. The van der Waals surface area contributed by atoms with E-state index in [9.17, 15) is 4.79 Å². The summed E-state index contributed by atoms with van der Waals surface area (Å²) in [6.07, 6.45) is 1.83. The second kappa shape index (κ2) is 8.82. The van der Waals surface area contributed by atoms with Crippen LogP contribution in [0.4, 0.5) is 5.82 Å². The molecule has 2 aromatic heterocycles. The Labute approximate surface area is 164 Å². The number of carbonyl (C=O) groups is 1. The molecule has 5 heteroatoms. The van der Waals surface area contributed by atoms with Gasteiger partial charge in [0.15, 0.2) is 0 Å². The summed E-state index contributed by atoms with van der Waals surface area (Å²) in [7, 11) is 1.85. The first-order chi connectivity index (χ1) is 13.1. The molecule has 27 heavy (non-hydrogen) atoms. The summed E-state index contributed by atoms with van der Waals surface area (Å²) in [5.41, 5.74) is 3.88. The number of hydrogen-bond acceptors (Lipinski definition) is 4. The summed E-state index contributed by atoms with van der Waals surface area (Å²) >= 11 is 1.66. The van der Waals surface area contributed by atoms with Crippen molar-refractivity contribution in [2.24, 2.45) is 5.92 Å². The Morgan fingerprint density at radius 3 is 2.67 bits per heavy atom. The van der Waals surface area contributed by atoms with E-state index in [1.54, 1.807) is 11.3 Å². The van der Waals surface area contributed by atoms with E-state index in [4.69, 9.17) is 0 Å². The topological polar surface area (TPSA) is 45.2 Å². The minimum Gasteiger partial charge on any atom is -0.373 e. The lowest BCUT2D eigenvalue weighted by Crippen LogP contribution is -2.33. The van der Waals surface area contributed by atoms with Crippen LogP contribution in [0.25, 0.3) is 11.1 Å². The van der Waals surface area contributed by atoms with Gasteiger partial charge in [-0.25, -0.2) is 4.98 Å². The molecule has 0 saturated carbocycles. The van der Waals surface area contributed by atoms with Gasteiger partial charge in [-0.15, -0.1) is 0 Å². The normalized spacial score (nSPS) is 10.8. The van der Waals surface area contributed by atoms with Crippen molar-refractivity contribution in [1.29, 1.82) is 0 Å². The van der Waals surface area contributed by atoms with Gasteiger partial charge in [0.2, 0.25) is 0 Å². The molecule has 0 aliphatic heterocycles. The molecule has 1 N–H and O–H groups in total. The van der Waals surface area contributed by atoms with E-state index in [1.165, 1.54) is 5.56 Å². The van der Waals surface area contributed by atoms with Crippen LogP contribution in [0.2, 0.25) is 0 Å². The van der Waals surface area contributed by atoms with Crippen molar-refractivity contribution in [1.82, 2.24) is 9.88 Å². The predicted molar refractivity (Wildman–Crippen MR) is 113 cm³/mol. The molecule has 0 unspecified atom stereocenters. The largest absolute Gasteiger partial charge is 0.373 e. The SMILES string of the molecule is CNc1ccc(-c2cccc(C(=O)N(Cc3ccsc3)CC(C)C)c2)cn1. The summed E-state index contributed by atoms with van der Waals surface area (Å²) in [5.74, 6) is 1.30. The molecule has 4 nitrogen and oxygen atoms in total. The lowest BCUT2D eigenvalue weighted by atomic mass is 10.0. The van der Waals surface area contributed by atoms with Gasteiger partial charge in [-0.1, -0.05) is 26.0 Å². The second-order valence-corrected chi connectivity index (χ2v) is 7.75. The number of pyridine rings is 1. The van der Waals surface area contributed by atoms with Gasteiger partial charge >= 0.3 is 0 Å². The number of nitrogens with one attached hydrogen (secondary N) is 1. The number of rotatable bonds is 7. The van der Waals surface area contributed by atoms with Crippen LogP contribution in [0, 0.1) is 5.92 Å². The molecule has 0 aliphatic rings. The zero-order valence-corrected chi connectivity index (χ0v) is 16.8. The van der Waals surface area contributed by atoms with Gasteiger partial charge in [-0.2, -0.15) is 11.3 Å². The molecule has 0 spiro atoms. The van der Waals surface area contributed by atoms with E-state index in [0.29, 0.717) is 18.0 Å². The summed E-state index contributed by atoms with van der Waals surface area (Å²) in [6.45, 7) is 5.65. The highest BCUT2D eigenvalue weighted by Crippen LogP contribution is 2.22. The molecule has 0 fully saturated rings. The van der Waals surface area contributed by atoms with Gasteiger partial charge in [0, 0.05) is 37.5 Å². The molecule has 0 atom stereocenters. The van der Waals surface area contributed by atoms with Gasteiger partial charge in [-0.3, -0.25) is 4.79 Å². The molecule has 1 amide bonds. The average molecular weight is 380 g/mol. The molecular formula is C22H25N3OS. The first kappa shape index (κ1) is 19.1. The van der Waals surface area contributed by atoms with Crippen molar-refractivity contribution in [3.05, 3.63) is 70.5 Å². The average Bonchev–Trinajstić information content (AvgIpc) is 3.20. The molecule has 3 aromatic rings. The summed E-state index contributed by atoms with van der Waals surface area (Å²) in [5, 5.41) is 7.17. The molecule has 0 aliphatic carbocycles. The highest BCUT2D eigenvalue weighted by atomic mass is 32.1. The third kappa shape index (κ3) is 4.95. The van der Waals surface area contributed by atoms with Crippen molar-refractivity contribution in [3.8, 4) is 11.1 Å². The summed E-state index contributed by atoms with van der Waals surface area (Å²) < 4.78 is 0. The number of benzene rings is 1. The van der Waals surface area contributed by atoms with Gasteiger partial charge < -0.3 is 10.2 Å². The lowest BCUT2D eigenvalue weighted by Gasteiger charge is -2.24. The molecule has 2 heterocycles. The Kier molecular flexibility index (Phi) is 6.24. The van der Waals surface area contributed by atoms with E-state index in [2.05, 4.69) is 41.0 Å². The monoisotopic (exact) mass is 379 g/mol.